The van der Waals surface area contributed by atoms with Crippen LogP contribution in [0, 0.1) is 12.7 Å². The normalized spacial score (nSPS) is 10.2. The predicted octanol–water partition coefficient (Wildman–Crippen LogP) is 3.47. The van der Waals surface area contributed by atoms with Crippen molar-refractivity contribution in [3.8, 4) is 5.75 Å². The fourth-order valence-corrected chi connectivity index (χ4v) is 1.72. The average molecular weight is 246 g/mol. The number of benzene rings is 2. The Bertz CT molecular complexity index is 570. The molecule has 0 unspecified atom stereocenters. The molecule has 0 aromatic heterocycles. The van der Waals surface area contributed by atoms with Crippen LogP contribution in [0.2, 0.25) is 0 Å². The lowest BCUT2D eigenvalue weighted by atomic mass is 10.1. The van der Waals surface area contributed by atoms with E-state index in [9.17, 15) is 4.39 Å². The van der Waals surface area contributed by atoms with Crippen LogP contribution in [-0.2, 0) is 0 Å². The molecule has 0 bridgehead atoms. The van der Waals surface area contributed by atoms with Gasteiger partial charge in [0, 0.05) is 11.3 Å². The number of rotatable bonds is 3. The molecule has 18 heavy (non-hydrogen) atoms. The van der Waals surface area contributed by atoms with E-state index in [1.165, 1.54) is 6.07 Å². The summed E-state index contributed by atoms with van der Waals surface area (Å²) in [5, 5.41) is 3.11. The van der Waals surface area contributed by atoms with Crippen LogP contribution in [0.15, 0.2) is 36.4 Å². The Morgan fingerprint density at radius 2 is 1.78 bits per heavy atom. The molecule has 0 spiro atoms. The number of nitrogens with two attached hydrogens (primary N) is 1. The molecule has 0 radical (unpaired) electrons. The summed E-state index contributed by atoms with van der Waals surface area (Å²) in [5.41, 5.74) is 8.39. The van der Waals surface area contributed by atoms with Gasteiger partial charge in [0.1, 0.15) is 11.6 Å². The molecule has 3 nitrogen and oxygen atoms in total. The summed E-state index contributed by atoms with van der Waals surface area (Å²) in [6.45, 7) is 1.72. The van der Waals surface area contributed by atoms with E-state index in [0.29, 0.717) is 28.4 Å². The highest BCUT2D eigenvalue weighted by atomic mass is 19.1. The molecule has 0 fully saturated rings. The van der Waals surface area contributed by atoms with Gasteiger partial charge >= 0.3 is 0 Å². The Hall–Kier alpha value is -2.23. The maximum atomic E-state index is 13.4. The van der Waals surface area contributed by atoms with E-state index in [-0.39, 0.29) is 5.82 Å². The minimum absolute atomic E-state index is 0.249. The fourth-order valence-electron chi connectivity index (χ4n) is 1.72. The van der Waals surface area contributed by atoms with Gasteiger partial charge in [0.2, 0.25) is 0 Å². The Kier molecular flexibility index (Phi) is 3.37. The first kappa shape index (κ1) is 12.2. The van der Waals surface area contributed by atoms with Gasteiger partial charge < -0.3 is 15.8 Å². The SMILES string of the molecule is COc1cccc(Nc2cccc(F)c2C)c1N. The van der Waals surface area contributed by atoms with E-state index in [0.717, 1.165) is 0 Å². The van der Waals surface area contributed by atoms with E-state index in [2.05, 4.69) is 5.32 Å². The Balaban J connectivity index is 2.37. The molecule has 0 aliphatic heterocycles. The molecule has 0 aliphatic rings. The van der Waals surface area contributed by atoms with Crippen LogP contribution < -0.4 is 15.8 Å². The zero-order valence-corrected chi connectivity index (χ0v) is 10.3. The second kappa shape index (κ2) is 4.96. The summed E-state index contributed by atoms with van der Waals surface area (Å²) in [5.74, 6) is 0.343. The number of para-hydroxylation sites is 1. The van der Waals surface area contributed by atoms with Gasteiger partial charge in [-0.1, -0.05) is 12.1 Å². The predicted molar refractivity (Wildman–Crippen MR) is 71.8 cm³/mol. The third kappa shape index (κ3) is 2.22. The van der Waals surface area contributed by atoms with E-state index < -0.39 is 0 Å². The first-order valence-corrected chi connectivity index (χ1v) is 5.58. The van der Waals surface area contributed by atoms with Crippen LogP contribution in [0.25, 0.3) is 0 Å². The quantitative estimate of drug-likeness (QED) is 0.815. The molecule has 3 N–H and O–H groups in total. The van der Waals surface area contributed by atoms with Gasteiger partial charge in [-0.2, -0.15) is 0 Å². The molecule has 2 rings (SSSR count). The first-order chi connectivity index (χ1) is 8.63. The van der Waals surface area contributed by atoms with Gasteiger partial charge in [-0.25, -0.2) is 4.39 Å². The molecule has 0 atom stereocenters. The average Bonchev–Trinajstić information content (AvgIpc) is 2.37. The van der Waals surface area contributed by atoms with Crippen LogP contribution in [0.1, 0.15) is 5.56 Å². The van der Waals surface area contributed by atoms with Crippen LogP contribution in [0.4, 0.5) is 21.5 Å². The Labute approximate surface area is 105 Å². The topological polar surface area (TPSA) is 47.3 Å². The minimum Gasteiger partial charge on any atom is -0.495 e. The second-order valence-corrected chi connectivity index (χ2v) is 3.96. The van der Waals surface area contributed by atoms with Gasteiger partial charge in [-0.3, -0.25) is 0 Å². The van der Waals surface area contributed by atoms with Gasteiger partial charge in [-0.15, -0.1) is 0 Å². The van der Waals surface area contributed by atoms with Crippen molar-refractivity contribution in [3.63, 3.8) is 0 Å². The number of nitrogen functional groups attached to an aromatic ring is 1. The standard InChI is InChI=1S/C14H15FN2O/c1-9-10(15)5-3-6-11(9)17-12-7-4-8-13(18-2)14(12)16/h3-8,17H,16H2,1-2H3. The summed E-state index contributed by atoms with van der Waals surface area (Å²) < 4.78 is 18.6. The molecular weight excluding hydrogens is 231 g/mol. The monoisotopic (exact) mass is 246 g/mol. The number of hydrogen-bond acceptors (Lipinski definition) is 3. The summed E-state index contributed by atoms with van der Waals surface area (Å²) in [7, 11) is 1.56. The molecule has 0 saturated carbocycles. The number of halogens is 1. The third-order valence-electron chi connectivity index (χ3n) is 2.82. The molecule has 0 amide bonds. The largest absolute Gasteiger partial charge is 0.495 e. The first-order valence-electron chi connectivity index (χ1n) is 5.58. The smallest absolute Gasteiger partial charge is 0.143 e. The van der Waals surface area contributed by atoms with Crippen molar-refractivity contribution < 1.29 is 9.13 Å². The molecule has 0 heterocycles. The Morgan fingerprint density at radius 3 is 2.50 bits per heavy atom. The van der Waals surface area contributed by atoms with Crippen molar-refractivity contribution in [2.75, 3.05) is 18.2 Å². The van der Waals surface area contributed by atoms with Crippen LogP contribution in [-0.4, -0.2) is 7.11 Å². The van der Waals surface area contributed by atoms with Crippen LogP contribution in [0.3, 0.4) is 0 Å². The number of ether oxygens (including phenoxy) is 1. The maximum absolute atomic E-state index is 13.4. The van der Waals surface area contributed by atoms with E-state index in [1.54, 1.807) is 32.2 Å². The van der Waals surface area contributed by atoms with E-state index in [4.69, 9.17) is 10.5 Å². The molecular formula is C14H15FN2O. The minimum atomic E-state index is -0.249. The van der Waals surface area contributed by atoms with Crippen molar-refractivity contribution in [2.45, 2.75) is 6.92 Å². The maximum Gasteiger partial charge on any atom is 0.143 e. The molecule has 2 aromatic rings. The Morgan fingerprint density at radius 1 is 1.11 bits per heavy atom. The summed E-state index contributed by atoms with van der Waals surface area (Å²) >= 11 is 0. The molecule has 0 aliphatic carbocycles. The highest BCUT2D eigenvalue weighted by molar-refractivity contribution is 5.78. The third-order valence-corrected chi connectivity index (χ3v) is 2.82. The molecule has 0 saturated heterocycles. The van der Waals surface area contributed by atoms with Crippen LogP contribution >= 0.6 is 0 Å². The van der Waals surface area contributed by atoms with Gasteiger partial charge in [0.05, 0.1) is 18.5 Å². The number of hydrogen-bond donors (Lipinski definition) is 2. The van der Waals surface area contributed by atoms with Gasteiger partial charge in [0.15, 0.2) is 0 Å². The number of anilines is 3. The molecule has 2 aromatic carbocycles. The van der Waals surface area contributed by atoms with Crippen molar-refractivity contribution in [1.82, 2.24) is 0 Å². The van der Waals surface area contributed by atoms with E-state index in [1.807, 2.05) is 12.1 Å². The molecule has 94 valence electrons. The zero-order valence-electron chi connectivity index (χ0n) is 10.3. The van der Waals surface area contributed by atoms with Gasteiger partial charge in [-0.05, 0) is 31.2 Å². The lowest BCUT2D eigenvalue weighted by molar-refractivity contribution is 0.417. The number of nitrogens with one attached hydrogen (secondary N) is 1. The second-order valence-electron chi connectivity index (χ2n) is 3.96. The van der Waals surface area contributed by atoms with Crippen molar-refractivity contribution in [3.05, 3.63) is 47.8 Å². The van der Waals surface area contributed by atoms with Crippen molar-refractivity contribution in [2.24, 2.45) is 0 Å². The lowest BCUT2D eigenvalue weighted by Crippen LogP contribution is -2.00. The van der Waals surface area contributed by atoms with Gasteiger partial charge in [0.25, 0.3) is 0 Å². The summed E-state index contributed by atoms with van der Waals surface area (Å²) in [6.07, 6.45) is 0. The molecule has 4 heteroatoms. The zero-order chi connectivity index (χ0) is 13.1. The highest BCUT2D eigenvalue weighted by Crippen LogP contribution is 2.32. The lowest BCUT2D eigenvalue weighted by Gasteiger charge is -2.14. The fraction of sp³-hybridized carbons (Fsp3) is 0.143. The summed E-state index contributed by atoms with van der Waals surface area (Å²) in [4.78, 5) is 0. The highest BCUT2D eigenvalue weighted by Gasteiger charge is 2.08. The van der Waals surface area contributed by atoms with Crippen molar-refractivity contribution >= 4 is 17.1 Å². The van der Waals surface area contributed by atoms with Crippen molar-refractivity contribution in [1.29, 1.82) is 0 Å². The summed E-state index contributed by atoms with van der Waals surface area (Å²) in [6, 6.07) is 10.3. The van der Waals surface area contributed by atoms with E-state index >= 15 is 0 Å². The number of methoxy groups -OCH3 is 1. The van der Waals surface area contributed by atoms with Crippen LogP contribution in [0.5, 0.6) is 5.75 Å².